The van der Waals surface area contributed by atoms with Gasteiger partial charge < -0.3 is 5.11 Å². The van der Waals surface area contributed by atoms with Crippen molar-refractivity contribution >= 4 is 27.8 Å². The Morgan fingerprint density at radius 2 is 1.71 bits per heavy atom. The molecule has 0 saturated carbocycles. The third kappa shape index (κ3) is 4.05. The van der Waals surface area contributed by atoms with Crippen LogP contribution in [0.15, 0.2) is 46.9 Å². The van der Waals surface area contributed by atoms with E-state index in [1.165, 1.54) is 6.08 Å². The minimum absolute atomic E-state index is 0. The van der Waals surface area contributed by atoms with Crippen LogP contribution in [0.3, 0.4) is 0 Å². The van der Waals surface area contributed by atoms with Gasteiger partial charge in [-0.05, 0) is 54.8 Å². The fourth-order valence-corrected chi connectivity index (χ4v) is 2.10. The van der Waals surface area contributed by atoms with Gasteiger partial charge in [-0.3, -0.25) is 4.79 Å². The third-order valence-electron chi connectivity index (χ3n) is 3.26. The number of benzene rings is 2. The lowest BCUT2D eigenvalue weighted by Crippen LogP contribution is -1.97. The average molecular weight is 347 g/mol. The first-order valence-electron chi connectivity index (χ1n) is 6.26. The molecule has 2 nitrogen and oxygen atoms in total. The van der Waals surface area contributed by atoms with Gasteiger partial charge >= 0.3 is 0 Å². The number of carbonyl (C=O) groups is 1. The maximum absolute atomic E-state index is 12.1. The van der Waals surface area contributed by atoms with E-state index in [-0.39, 0.29) is 19.0 Å². The molecule has 0 aliphatic carbocycles. The second kappa shape index (κ2) is 7.23. The average Bonchev–Trinajstić information content (AvgIpc) is 2.44. The molecule has 0 aromatic heterocycles. The summed E-state index contributed by atoms with van der Waals surface area (Å²) >= 11 is 3.36. The van der Waals surface area contributed by atoms with E-state index in [2.05, 4.69) is 15.9 Å². The number of aryl methyl sites for hydroxylation is 1. The molecule has 0 atom stereocenters. The van der Waals surface area contributed by atoms with Crippen molar-refractivity contribution < 1.29 is 9.90 Å². The van der Waals surface area contributed by atoms with Crippen LogP contribution in [0.5, 0.6) is 5.75 Å². The molecule has 2 aromatic carbocycles. The molecule has 3 heteroatoms. The summed E-state index contributed by atoms with van der Waals surface area (Å²) < 4.78 is 0.993. The molecule has 0 aliphatic rings. The fraction of sp³-hybridized carbons (Fsp3) is 0.167. The Kier molecular flexibility index (Phi) is 5.91. The second-order valence-electron chi connectivity index (χ2n) is 4.65. The molecule has 0 heterocycles. The molecular formula is C18H19BrO2. The lowest BCUT2D eigenvalue weighted by atomic mass is 10.0. The highest BCUT2D eigenvalue weighted by Gasteiger charge is 2.11. The molecule has 110 valence electrons. The van der Waals surface area contributed by atoms with Gasteiger partial charge in [-0.15, -0.1) is 0 Å². The molecule has 0 unspecified atom stereocenters. The molecule has 0 fully saturated rings. The van der Waals surface area contributed by atoms with Gasteiger partial charge in [-0.1, -0.05) is 47.6 Å². The summed E-state index contributed by atoms with van der Waals surface area (Å²) in [6.45, 7) is 3.71. The first-order chi connectivity index (χ1) is 9.49. The Balaban J connectivity index is 0.00000220. The van der Waals surface area contributed by atoms with Crippen LogP contribution in [0.2, 0.25) is 0 Å². The van der Waals surface area contributed by atoms with E-state index < -0.39 is 0 Å². The van der Waals surface area contributed by atoms with E-state index >= 15 is 0 Å². The Morgan fingerprint density at radius 3 is 2.33 bits per heavy atom. The second-order valence-corrected chi connectivity index (χ2v) is 5.57. The monoisotopic (exact) mass is 346 g/mol. The minimum Gasteiger partial charge on any atom is -0.507 e. The van der Waals surface area contributed by atoms with Crippen molar-refractivity contribution in [1.82, 2.24) is 0 Å². The SMILES string of the molecule is C.Cc1ccc(C(=O)C=Cc2ccc(Br)cc2)c(O)c1C. The molecule has 2 rings (SSSR count). The zero-order valence-corrected chi connectivity index (χ0v) is 12.9. The normalized spacial score (nSPS) is 10.4. The summed E-state index contributed by atoms with van der Waals surface area (Å²) in [5, 5.41) is 10.0. The van der Waals surface area contributed by atoms with Crippen LogP contribution < -0.4 is 0 Å². The minimum atomic E-state index is -0.200. The van der Waals surface area contributed by atoms with Crippen LogP contribution in [0.25, 0.3) is 6.08 Å². The molecule has 0 radical (unpaired) electrons. The highest BCUT2D eigenvalue weighted by molar-refractivity contribution is 9.10. The summed E-state index contributed by atoms with van der Waals surface area (Å²) in [4.78, 5) is 12.1. The van der Waals surface area contributed by atoms with Crippen molar-refractivity contribution in [2.45, 2.75) is 21.3 Å². The molecule has 0 amide bonds. The molecule has 1 N–H and O–H groups in total. The summed E-state index contributed by atoms with van der Waals surface area (Å²) in [6, 6.07) is 11.2. The number of phenols is 1. The quantitative estimate of drug-likeness (QED) is 0.604. The summed E-state index contributed by atoms with van der Waals surface area (Å²) in [7, 11) is 0. The van der Waals surface area contributed by atoms with E-state index in [0.717, 1.165) is 21.2 Å². The Morgan fingerprint density at radius 1 is 1.10 bits per heavy atom. The van der Waals surface area contributed by atoms with E-state index in [9.17, 15) is 9.90 Å². The Hall–Kier alpha value is -1.87. The van der Waals surface area contributed by atoms with Crippen molar-refractivity contribution in [3.05, 3.63) is 69.2 Å². The van der Waals surface area contributed by atoms with Crippen LogP contribution in [0.1, 0.15) is 34.5 Å². The topological polar surface area (TPSA) is 37.3 Å². The molecule has 0 aliphatic heterocycles. The maximum Gasteiger partial charge on any atom is 0.189 e. The molecule has 21 heavy (non-hydrogen) atoms. The number of aromatic hydroxyl groups is 1. The van der Waals surface area contributed by atoms with Crippen LogP contribution in [0, 0.1) is 13.8 Å². The fourth-order valence-electron chi connectivity index (χ4n) is 1.84. The van der Waals surface area contributed by atoms with Crippen molar-refractivity contribution in [1.29, 1.82) is 0 Å². The number of ketones is 1. The summed E-state index contributed by atoms with van der Waals surface area (Å²) in [5.74, 6) is -0.135. The van der Waals surface area contributed by atoms with Gasteiger partial charge in [0.1, 0.15) is 5.75 Å². The van der Waals surface area contributed by atoms with Gasteiger partial charge in [0.05, 0.1) is 5.56 Å². The Labute approximate surface area is 134 Å². The lowest BCUT2D eigenvalue weighted by molar-refractivity contribution is 0.104. The van der Waals surface area contributed by atoms with Crippen LogP contribution in [-0.4, -0.2) is 10.9 Å². The number of allylic oxidation sites excluding steroid dienone is 1. The van der Waals surface area contributed by atoms with Gasteiger partial charge in [0.25, 0.3) is 0 Å². The predicted octanol–water partition coefficient (Wildman–Crippen LogP) is 5.30. The van der Waals surface area contributed by atoms with Gasteiger partial charge in [0, 0.05) is 4.47 Å². The molecular weight excluding hydrogens is 328 g/mol. The molecule has 0 bridgehead atoms. The first-order valence-corrected chi connectivity index (χ1v) is 7.05. The highest BCUT2D eigenvalue weighted by atomic mass is 79.9. The molecule has 0 saturated heterocycles. The van der Waals surface area contributed by atoms with Gasteiger partial charge in [-0.25, -0.2) is 0 Å². The standard InChI is InChI=1S/C17H15BrO2.CH4/c1-11-3-9-15(17(20)12(11)2)16(19)10-6-13-4-7-14(18)8-5-13;/h3-10,20H,1-2H3;1H4. The number of hydrogen-bond donors (Lipinski definition) is 1. The maximum atomic E-state index is 12.1. The highest BCUT2D eigenvalue weighted by Crippen LogP contribution is 2.25. The van der Waals surface area contributed by atoms with Crippen molar-refractivity contribution in [2.24, 2.45) is 0 Å². The summed E-state index contributed by atoms with van der Waals surface area (Å²) in [6.07, 6.45) is 3.22. The largest absolute Gasteiger partial charge is 0.507 e. The van der Waals surface area contributed by atoms with Gasteiger partial charge in [0.2, 0.25) is 0 Å². The predicted molar refractivity (Wildman–Crippen MR) is 91.8 cm³/mol. The van der Waals surface area contributed by atoms with E-state index in [4.69, 9.17) is 0 Å². The molecule has 2 aromatic rings. The van der Waals surface area contributed by atoms with Crippen molar-refractivity contribution in [3.8, 4) is 5.75 Å². The van der Waals surface area contributed by atoms with Crippen molar-refractivity contribution in [3.63, 3.8) is 0 Å². The number of carbonyl (C=O) groups excluding carboxylic acids is 1. The lowest BCUT2D eigenvalue weighted by Gasteiger charge is -2.06. The van der Waals surface area contributed by atoms with Crippen LogP contribution in [0.4, 0.5) is 0 Å². The van der Waals surface area contributed by atoms with Gasteiger partial charge in [-0.2, -0.15) is 0 Å². The number of halogens is 1. The third-order valence-corrected chi connectivity index (χ3v) is 3.79. The zero-order chi connectivity index (χ0) is 14.7. The van der Waals surface area contributed by atoms with Gasteiger partial charge in [0.15, 0.2) is 5.78 Å². The van der Waals surface area contributed by atoms with Crippen LogP contribution in [-0.2, 0) is 0 Å². The van der Waals surface area contributed by atoms with E-state index in [0.29, 0.717) is 5.56 Å². The number of phenolic OH excluding ortho intramolecular Hbond substituents is 1. The Bertz CT molecular complexity index is 670. The number of hydrogen-bond acceptors (Lipinski definition) is 2. The van der Waals surface area contributed by atoms with E-state index in [1.807, 2.05) is 37.3 Å². The molecule has 0 spiro atoms. The summed E-state index contributed by atoms with van der Waals surface area (Å²) in [5.41, 5.74) is 2.98. The van der Waals surface area contributed by atoms with E-state index in [1.54, 1.807) is 19.1 Å². The first kappa shape index (κ1) is 17.2. The zero-order valence-electron chi connectivity index (χ0n) is 11.4. The van der Waals surface area contributed by atoms with Crippen LogP contribution >= 0.6 is 15.9 Å². The smallest absolute Gasteiger partial charge is 0.189 e. The number of rotatable bonds is 3. The van der Waals surface area contributed by atoms with Crippen molar-refractivity contribution in [2.75, 3.05) is 0 Å².